The van der Waals surface area contributed by atoms with Crippen LogP contribution in [-0.2, 0) is 19.6 Å². The summed E-state index contributed by atoms with van der Waals surface area (Å²) in [5.74, 6) is -0.315. The zero-order chi connectivity index (χ0) is 19.2. The van der Waals surface area contributed by atoms with Gasteiger partial charge in [0.25, 0.3) is 10.0 Å². The Bertz CT molecular complexity index is 917. The number of methoxy groups -OCH3 is 1. The fourth-order valence-corrected chi connectivity index (χ4v) is 3.03. The maximum Gasteiger partial charge on any atom is 0.264 e. The molecule has 0 aliphatic heterocycles. The third-order valence-corrected chi connectivity index (χ3v) is 4.70. The van der Waals surface area contributed by atoms with E-state index in [2.05, 4.69) is 5.32 Å². The van der Waals surface area contributed by atoms with Crippen molar-refractivity contribution in [2.45, 2.75) is 11.8 Å². The fraction of sp³-hybridized carbons (Fsp3) is 0.111. The SMILES string of the molecule is COc1ccc(/C=C/C(=O)Nc2ccc(S(=O)(=O)NC(C)=O)cc2)cc1. The van der Waals surface area contributed by atoms with Crippen molar-refractivity contribution in [1.29, 1.82) is 0 Å². The number of benzene rings is 2. The van der Waals surface area contributed by atoms with Gasteiger partial charge in [0, 0.05) is 18.7 Å². The first-order valence-electron chi connectivity index (χ1n) is 7.57. The van der Waals surface area contributed by atoms with Crippen molar-refractivity contribution in [2.24, 2.45) is 0 Å². The van der Waals surface area contributed by atoms with Gasteiger partial charge in [-0.1, -0.05) is 12.1 Å². The van der Waals surface area contributed by atoms with Crippen molar-refractivity contribution in [1.82, 2.24) is 4.72 Å². The minimum atomic E-state index is -3.89. The molecular weight excluding hydrogens is 356 g/mol. The van der Waals surface area contributed by atoms with Crippen molar-refractivity contribution >= 4 is 33.6 Å². The van der Waals surface area contributed by atoms with Crippen LogP contribution < -0.4 is 14.8 Å². The largest absolute Gasteiger partial charge is 0.497 e. The smallest absolute Gasteiger partial charge is 0.264 e. The lowest BCUT2D eigenvalue weighted by atomic mass is 10.2. The second-order valence-electron chi connectivity index (χ2n) is 5.28. The summed E-state index contributed by atoms with van der Waals surface area (Å²) < 4.78 is 30.6. The molecule has 0 aliphatic rings. The number of anilines is 1. The molecule has 0 unspecified atom stereocenters. The van der Waals surface area contributed by atoms with E-state index in [1.165, 1.54) is 30.3 Å². The topological polar surface area (TPSA) is 102 Å². The number of hydrogen-bond acceptors (Lipinski definition) is 5. The molecule has 0 heterocycles. The Labute approximate surface area is 151 Å². The van der Waals surface area contributed by atoms with E-state index in [1.54, 1.807) is 25.3 Å². The summed E-state index contributed by atoms with van der Waals surface area (Å²) in [6.45, 7) is 1.11. The zero-order valence-corrected chi connectivity index (χ0v) is 15.0. The van der Waals surface area contributed by atoms with Crippen LogP contribution in [0.25, 0.3) is 6.08 Å². The maximum atomic E-state index is 11.9. The van der Waals surface area contributed by atoms with Gasteiger partial charge in [-0.05, 0) is 48.0 Å². The average molecular weight is 374 g/mol. The Morgan fingerprint density at radius 2 is 1.62 bits per heavy atom. The maximum absolute atomic E-state index is 11.9. The summed E-state index contributed by atoms with van der Waals surface area (Å²) in [6, 6.07) is 12.7. The summed E-state index contributed by atoms with van der Waals surface area (Å²) in [7, 11) is -2.32. The van der Waals surface area contributed by atoms with Crippen LogP contribution in [0.3, 0.4) is 0 Å². The van der Waals surface area contributed by atoms with E-state index in [4.69, 9.17) is 4.74 Å². The highest BCUT2D eigenvalue weighted by molar-refractivity contribution is 7.90. The van der Waals surface area contributed by atoms with E-state index < -0.39 is 15.9 Å². The van der Waals surface area contributed by atoms with Crippen LogP contribution in [-0.4, -0.2) is 27.3 Å². The van der Waals surface area contributed by atoms with Crippen molar-refractivity contribution in [3.05, 3.63) is 60.2 Å². The predicted molar refractivity (Wildman–Crippen MR) is 98.1 cm³/mol. The third-order valence-electron chi connectivity index (χ3n) is 3.25. The lowest BCUT2D eigenvalue weighted by Crippen LogP contribution is -2.28. The van der Waals surface area contributed by atoms with E-state index in [0.29, 0.717) is 5.69 Å². The summed E-state index contributed by atoms with van der Waals surface area (Å²) in [4.78, 5) is 22.8. The van der Waals surface area contributed by atoms with Gasteiger partial charge in [0.2, 0.25) is 11.8 Å². The van der Waals surface area contributed by atoms with Crippen LogP contribution in [0.1, 0.15) is 12.5 Å². The number of nitrogens with one attached hydrogen (secondary N) is 2. The predicted octanol–water partition coefficient (Wildman–Crippen LogP) is 2.17. The van der Waals surface area contributed by atoms with E-state index in [0.717, 1.165) is 18.2 Å². The molecular formula is C18H18N2O5S. The highest BCUT2D eigenvalue weighted by atomic mass is 32.2. The van der Waals surface area contributed by atoms with Crippen molar-refractivity contribution in [2.75, 3.05) is 12.4 Å². The molecule has 0 saturated heterocycles. The molecule has 8 heteroatoms. The van der Waals surface area contributed by atoms with Crippen molar-refractivity contribution < 1.29 is 22.7 Å². The summed E-state index contributed by atoms with van der Waals surface area (Å²) in [5, 5.41) is 2.62. The highest BCUT2D eigenvalue weighted by Gasteiger charge is 2.15. The minimum absolute atomic E-state index is 0.0699. The molecule has 2 aromatic rings. The molecule has 0 bridgehead atoms. The number of carbonyl (C=O) groups is 2. The number of rotatable bonds is 6. The molecule has 0 aromatic heterocycles. The van der Waals surface area contributed by atoms with E-state index in [9.17, 15) is 18.0 Å². The number of carbonyl (C=O) groups excluding carboxylic acids is 2. The van der Waals surface area contributed by atoms with Gasteiger partial charge in [-0.15, -0.1) is 0 Å². The van der Waals surface area contributed by atoms with Crippen LogP contribution in [0.5, 0.6) is 5.75 Å². The van der Waals surface area contributed by atoms with Gasteiger partial charge in [-0.25, -0.2) is 13.1 Å². The molecule has 7 nitrogen and oxygen atoms in total. The van der Waals surface area contributed by atoms with Crippen LogP contribution in [0.2, 0.25) is 0 Å². The first-order chi connectivity index (χ1) is 12.3. The average Bonchev–Trinajstić information content (AvgIpc) is 2.60. The molecule has 0 aliphatic carbocycles. The first kappa shape index (κ1) is 19.2. The van der Waals surface area contributed by atoms with E-state index in [-0.39, 0.29) is 10.8 Å². The first-order valence-corrected chi connectivity index (χ1v) is 9.05. The van der Waals surface area contributed by atoms with Gasteiger partial charge >= 0.3 is 0 Å². The van der Waals surface area contributed by atoms with Crippen molar-refractivity contribution in [3.8, 4) is 5.75 Å². The number of sulfonamides is 1. The van der Waals surface area contributed by atoms with Crippen LogP contribution in [0.4, 0.5) is 5.69 Å². The number of amides is 2. The summed E-state index contributed by atoms with van der Waals surface area (Å²) in [6.07, 6.45) is 3.01. The Morgan fingerprint density at radius 1 is 1.00 bits per heavy atom. The molecule has 2 N–H and O–H groups in total. The Balaban J connectivity index is 2.00. The molecule has 2 rings (SSSR count). The molecule has 0 atom stereocenters. The Hall–Kier alpha value is -3.13. The molecule has 0 fully saturated rings. The van der Waals surface area contributed by atoms with Crippen LogP contribution >= 0.6 is 0 Å². The summed E-state index contributed by atoms with van der Waals surface area (Å²) in [5.41, 5.74) is 1.26. The fourth-order valence-electron chi connectivity index (χ4n) is 2.04. The van der Waals surface area contributed by atoms with E-state index in [1.807, 2.05) is 16.9 Å². The zero-order valence-electron chi connectivity index (χ0n) is 14.2. The van der Waals surface area contributed by atoms with Crippen LogP contribution in [0.15, 0.2) is 59.5 Å². The lowest BCUT2D eigenvalue weighted by molar-refractivity contribution is -0.117. The Kier molecular flexibility index (Phi) is 6.13. The second-order valence-corrected chi connectivity index (χ2v) is 6.96. The van der Waals surface area contributed by atoms with Gasteiger partial charge in [0.05, 0.1) is 12.0 Å². The molecule has 0 spiro atoms. The van der Waals surface area contributed by atoms with Crippen molar-refractivity contribution in [3.63, 3.8) is 0 Å². The van der Waals surface area contributed by atoms with Crippen LogP contribution in [0, 0.1) is 0 Å². The lowest BCUT2D eigenvalue weighted by Gasteiger charge is -2.06. The Morgan fingerprint density at radius 3 is 2.15 bits per heavy atom. The number of ether oxygens (including phenoxy) is 1. The van der Waals surface area contributed by atoms with Gasteiger partial charge in [-0.3, -0.25) is 9.59 Å². The summed E-state index contributed by atoms with van der Waals surface area (Å²) >= 11 is 0. The monoisotopic (exact) mass is 374 g/mol. The molecule has 2 amide bonds. The molecule has 2 aromatic carbocycles. The quantitative estimate of drug-likeness (QED) is 0.755. The van der Waals surface area contributed by atoms with E-state index >= 15 is 0 Å². The van der Waals surface area contributed by atoms with Gasteiger partial charge in [0.1, 0.15) is 5.75 Å². The second kappa shape index (κ2) is 8.30. The molecule has 0 saturated carbocycles. The van der Waals surface area contributed by atoms with Gasteiger partial charge in [0.15, 0.2) is 0 Å². The highest BCUT2D eigenvalue weighted by Crippen LogP contribution is 2.15. The normalized spacial score (nSPS) is 11.2. The molecule has 0 radical (unpaired) electrons. The standard InChI is InChI=1S/C18H18N2O5S/c1-13(21)20-26(23,24)17-10-6-15(7-11-17)19-18(22)12-5-14-3-8-16(25-2)9-4-14/h3-12H,1-2H3,(H,19,22)(H,20,21)/b12-5+. The van der Waals surface area contributed by atoms with Gasteiger partial charge in [-0.2, -0.15) is 0 Å². The molecule has 26 heavy (non-hydrogen) atoms. The third kappa shape index (κ3) is 5.45. The molecule has 136 valence electrons. The minimum Gasteiger partial charge on any atom is -0.497 e. The van der Waals surface area contributed by atoms with Gasteiger partial charge < -0.3 is 10.1 Å². The number of hydrogen-bond donors (Lipinski definition) is 2.